The molecule has 82 valence electrons. The van der Waals surface area contributed by atoms with Crippen LogP contribution in [0.1, 0.15) is 19.8 Å². The minimum absolute atomic E-state index is 0.597. The maximum absolute atomic E-state index is 8.28. The Kier molecular flexibility index (Phi) is 5.18. The Hall–Kier alpha value is -1.62. The average molecular weight is 209 g/mol. The molecule has 0 bridgehead atoms. The highest BCUT2D eigenvalue weighted by molar-refractivity contribution is 5.59. The van der Waals surface area contributed by atoms with Gasteiger partial charge in [-0.25, -0.2) is 9.98 Å². The van der Waals surface area contributed by atoms with Gasteiger partial charge in [-0.2, -0.15) is 0 Å². The van der Waals surface area contributed by atoms with Crippen LogP contribution in [0.4, 0.5) is 5.69 Å². The molecule has 0 aliphatic carbocycles. The lowest BCUT2D eigenvalue weighted by Gasteiger charge is -2.03. The van der Waals surface area contributed by atoms with Crippen molar-refractivity contribution in [1.82, 2.24) is 10.5 Å². The van der Waals surface area contributed by atoms with Gasteiger partial charge in [0.05, 0.1) is 18.5 Å². The summed E-state index contributed by atoms with van der Waals surface area (Å²) >= 11 is 0. The van der Waals surface area contributed by atoms with E-state index in [1.165, 1.54) is 6.34 Å². The SMILES string of the molecule is CCCCOc1ccc(N=CNO)cn1. The largest absolute Gasteiger partial charge is 0.478 e. The number of pyridine rings is 1. The lowest BCUT2D eigenvalue weighted by Crippen LogP contribution is -2.01. The van der Waals surface area contributed by atoms with Gasteiger partial charge in [0, 0.05) is 6.07 Å². The molecule has 1 aromatic heterocycles. The zero-order chi connectivity index (χ0) is 10.9. The van der Waals surface area contributed by atoms with E-state index in [9.17, 15) is 0 Å². The van der Waals surface area contributed by atoms with Crippen LogP contribution in [0.5, 0.6) is 5.88 Å². The first-order chi connectivity index (χ1) is 7.36. The number of nitrogens with one attached hydrogen (secondary N) is 1. The normalized spacial score (nSPS) is 10.5. The Morgan fingerprint density at radius 1 is 1.60 bits per heavy atom. The highest BCUT2D eigenvalue weighted by atomic mass is 16.5. The molecule has 0 fully saturated rings. The molecular formula is C10H15N3O2. The molecule has 0 aromatic carbocycles. The van der Waals surface area contributed by atoms with Crippen molar-refractivity contribution < 1.29 is 9.94 Å². The third-order valence-corrected chi connectivity index (χ3v) is 1.74. The summed E-state index contributed by atoms with van der Waals surface area (Å²) in [7, 11) is 0. The van der Waals surface area contributed by atoms with E-state index in [0.717, 1.165) is 12.8 Å². The van der Waals surface area contributed by atoms with E-state index in [2.05, 4.69) is 16.9 Å². The first-order valence-electron chi connectivity index (χ1n) is 4.88. The Balaban J connectivity index is 2.45. The van der Waals surface area contributed by atoms with Crippen molar-refractivity contribution in [1.29, 1.82) is 0 Å². The second-order valence-corrected chi connectivity index (χ2v) is 2.94. The predicted molar refractivity (Wildman–Crippen MR) is 57.7 cm³/mol. The zero-order valence-corrected chi connectivity index (χ0v) is 8.68. The van der Waals surface area contributed by atoms with Crippen LogP contribution in [0.2, 0.25) is 0 Å². The summed E-state index contributed by atoms with van der Waals surface area (Å²) in [5.74, 6) is 0.597. The number of aromatic nitrogens is 1. The Morgan fingerprint density at radius 2 is 2.47 bits per heavy atom. The third kappa shape index (κ3) is 4.42. The summed E-state index contributed by atoms with van der Waals surface area (Å²) < 4.78 is 5.38. The lowest BCUT2D eigenvalue weighted by molar-refractivity contribution is 0.240. The first kappa shape index (κ1) is 11.5. The van der Waals surface area contributed by atoms with Gasteiger partial charge < -0.3 is 4.74 Å². The van der Waals surface area contributed by atoms with Crippen molar-refractivity contribution in [2.75, 3.05) is 6.61 Å². The molecule has 0 aliphatic heterocycles. The highest BCUT2D eigenvalue weighted by Crippen LogP contribution is 2.13. The molecule has 1 heterocycles. The summed E-state index contributed by atoms with van der Waals surface area (Å²) in [6, 6.07) is 3.52. The van der Waals surface area contributed by atoms with Gasteiger partial charge in [0.1, 0.15) is 6.34 Å². The van der Waals surface area contributed by atoms with Crippen LogP contribution < -0.4 is 10.2 Å². The van der Waals surface area contributed by atoms with Gasteiger partial charge in [-0.05, 0) is 12.5 Å². The van der Waals surface area contributed by atoms with Crippen LogP contribution in [0.25, 0.3) is 0 Å². The Labute approximate surface area is 88.8 Å². The number of hydrogen-bond acceptors (Lipinski definition) is 4. The quantitative estimate of drug-likeness (QED) is 0.325. The van der Waals surface area contributed by atoms with Gasteiger partial charge in [-0.1, -0.05) is 13.3 Å². The maximum Gasteiger partial charge on any atom is 0.213 e. The molecule has 0 aliphatic rings. The molecule has 0 saturated carbocycles. The molecule has 0 radical (unpaired) electrons. The van der Waals surface area contributed by atoms with Gasteiger partial charge >= 0.3 is 0 Å². The van der Waals surface area contributed by atoms with Gasteiger partial charge in [-0.3, -0.25) is 10.7 Å². The molecule has 0 unspecified atom stereocenters. The number of ether oxygens (including phenoxy) is 1. The van der Waals surface area contributed by atoms with Crippen molar-refractivity contribution in [3.63, 3.8) is 0 Å². The fourth-order valence-corrected chi connectivity index (χ4v) is 0.959. The minimum atomic E-state index is 0.597. The third-order valence-electron chi connectivity index (χ3n) is 1.74. The van der Waals surface area contributed by atoms with Crippen molar-refractivity contribution >= 4 is 12.0 Å². The highest BCUT2D eigenvalue weighted by Gasteiger charge is 1.94. The molecule has 0 amide bonds. The van der Waals surface area contributed by atoms with Crippen molar-refractivity contribution in [3.8, 4) is 5.88 Å². The Morgan fingerprint density at radius 3 is 3.07 bits per heavy atom. The molecule has 0 spiro atoms. The van der Waals surface area contributed by atoms with E-state index in [1.807, 2.05) is 5.48 Å². The van der Waals surface area contributed by atoms with E-state index >= 15 is 0 Å². The van der Waals surface area contributed by atoms with E-state index in [4.69, 9.17) is 9.94 Å². The van der Waals surface area contributed by atoms with E-state index < -0.39 is 0 Å². The van der Waals surface area contributed by atoms with Crippen molar-refractivity contribution in [2.24, 2.45) is 4.99 Å². The van der Waals surface area contributed by atoms with E-state index in [-0.39, 0.29) is 0 Å². The zero-order valence-electron chi connectivity index (χ0n) is 8.68. The molecule has 5 nitrogen and oxygen atoms in total. The standard InChI is InChI=1S/C10H15N3O2/c1-2-3-6-15-10-5-4-9(7-11-10)12-8-13-14/h4-5,7-8,14H,2-3,6H2,1H3,(H,12,13). The first-order valence-corrected chi connectivity index (χ1v) is 4.88. The van der Waals surface area contributed by atoms with Crippen LogP contribution in [0.3, 0.4) is 0 Å². The van der Waals surface area contributed by atoms with Gasteiger partial charge in [0.15, 0.2) is 0 Å². The van der Waals surface area contributed by atoms with Crippen LogP contribution in [0.15, 0.2) is 23.3 Å². The van der Waals surface area contributed by atoms with E-state index in [1.54, 1.807) is 18.3 Å². The monoisotopic (exact) mass is 209 g/mol. The number of nitrogens with zero attached hydrogens (tertiary/aromatic N) is 2. The van der Waals surface area contributed by atoms with E-state index in [0.29, 0.717) is 18.2 Å². The van der Waals surface area contributed by atoms with Gasteiger partial charge in [-0.15, -0.1) is 0 Å². The fourth-order valence-electron chi connectivity index (χ4n) is 0.959. The molecule has 1 aromatic rings. The summed E-state index contributed by atoms with van der Waals surface area (Å²) in [6.07, 6.45) is 4.88. The fraction of sp³-hybridized carbons (Fsp3) is 0.400. The van der Waals surface area contributed by atoms with Gasteiger partial charge in [0.2, 0.25) is 5.88 Å². The van der Waals surface area contributed by atoms with Crippen LogP contribution >= 0.6 is 0 Å². The van der Waals surface area contributed by atoms with Crippen LogP contribution in [0, 0.1) is 0 Å². The average Bonchev–Trinajstić information content (AvgIpc) is 2.28. The number of hydroxylamine groups is 1. The molecule has 5 heteroatoms. The summed E-state index contributed by atoms with van der Waals surface area (Å²) in [5.41, 5.74) is 2.47. The number of hydrogen-bond donors (Lipinski definition) is 2. The molecule has 15 heavy (non-hydrogen) atoms. The molecule has 0 atom stereocenters. The van der Waals surface area contributed by atoms with Crippen molar-refractivity contribution in [2.45, 2.75) is 19.8 Å². The lowest BCUT2D eigenvalue weighted by atomic mass is 10.4. The molecule has 2 N–H and O–H groups in total. The minimum Gasteiger partial charge on any atom is -0.478 e. The van der Waals surface area contributed by atoms with Gasteiger partial charge in [0.25, 0.3) is 0 Å². The van der Waals surface area contributed by atoms with Crippen LogP contribution in [-0.4, -0.2) is 23.1 Å². The van der Waals surface area contributed by atoms with Crippen molar-refractivity contribution in [3.05, 3.63) is 18.3 Å². The molecule has 1 rings (SSSR count). The topological polar surface area (TPSA) is 66.7 Å². The summed E-state index contributed by atoms with van der Waals surface area (Å²) in [5, 5.41) is 8.28. The maximum atomic E-state index is 8.28. The second-order valence-electron chi connectivity index (χ2n) is 2.94. The number of unbranched alkanes of at least 4 members (excludes halogenated alkanes) is 1. The summed E-state index contributed by atoms with van der Waals surface area (Å²) in [4.78, 5) is 7.92. The molecular weight excluding hydrogens is 194 g/mol. The van der Waals surface area contributed by atoms with Crippen LogP contribution in [-0.2, 0) is 0 Å². The number of aliphatic imine (C=N–C) groups is 1. The summed E-state index contributed by atoms with van der Waals surface area (Å²) in [6.45, 7) is 2.79. The second kappa shape index (κ2) is 6.78. The molecule has 0 saturated heterocycles. The number of rotatable bonds is 6. The Bertz CT molecular complexity index is 298. The smallest absolute Gasteiger partial charge is 0.213 e. The predicted octanol–water partition coefficient (Wildman–Crippen LogP) is 1.90.